The highest BCUT2D eigenvalue weighted by molar-refractivity contribution is 14.1. The van der Waals surface area contributed by atoms with Gasteiger partial charge in [0.1, 0.15) is 6.07 Å². The normalized spacial score (nSPS) is 10.8. The minimum Gasteiger partial charge on any atom is -0.192 e. The number of hydrogen-bond donors (Lipinski definition) is 0. The SMILES string of the molecule is Cc1ccc2c(C#N)cc(C(C)C)cc2[n+]1I. The lowest BCUT2D eigenvalue weighted by Crippen LogP contribution is -2.24. The number of aryl methyl sites for hydroxylation is 1. The molecule has 0 saturated heterocycles. The average molecular weight is 337 g/mol. The van der Waals surface area contributed by atoms with Crippen LogP contribution in [0.3, 0.4) is 0 Å². The van der Waals surface area contributed by atoms with Gasteiger partial charge in [0.05, 0.1) is 10.9 Å². The molecular weight excluding hydrogens is 323 g/mol. The summed E-state index contributed by atoms with van der Waals surface area (Å²) in [4.78, 5) is 0. The molecular formula is C14H14IN2+. The summed E-state index contributed by atoms with van der Waals surface area (Å²) >= 11 is 2.28. The third kappa shape index (κ3) is 2.14. The maximum atomic E-state index is 9.24. The summed E-state index contributed by atoms with van der Waals surface area (Å²) in [6.45, 7) is 6.37. The van der Waals surface area contributed by atoms with Crippen molar-refractivity contribution in [1.82, 2.24) is 0 Å². The maximum absolute atomic E-state index is 9.24. The first kappa shape index (κ1) is 12.3. The van der Waals surface area contributed by atoms with E-state index >= 15 is 0 Å². The summed E-state index contributed by atoms with van der Waals surface area (Å²) in [7, 11) is 0. The van der Waals surface area contributed by atoms with Gasteiger partial charge >= 0.3 is 22.9 Å². The first-order valence-corrected chi connectivity index (χ1v) is 6.56. The van der Waals surface area contributed by atoms with Crippen molar-refractivity contribution in [2.75, 3.05) is 0 Å². The Morgan fingerprint density at radius 2 is 2.00 bits per heavy atom. The van der Waals surface area contributed by atoms with Crippen LogP contribution in [-0.4, -0.2) is 0 Å². The molecule has 2 nitrogen and oxygen atoms in total. The second-order valence-electron chi connectivity index (χ2n) is 4.52. The van der Waals surface area contributed by atoms with Gasteiger partial charge in [-0.25, -0.2) is 0 Å². The van der Waals surface area contributed by atoms with Gasteiger partial charge in [-0.2, -0.15) is 5.26 Å². The van der Waals surface area contributed by atoms with E-state index in [0.717, 1.165) is 16.5 Å². The minimum absolute atomic E-state index is 0.434. The molecule has 0 bridgehead atoms. The molecule has 0 fully saturated rings. The van der Waals surface area contributed by atoms with Crippen LogP contribution in [-0.2, 0) is 0 Å². The molecule has 17 heavy (non-hydrogen) atoms. The molecule has 1 aromatic heterocycles. The maximum Gasteiger partial charge on any atom is 0.354 e. The molecule has 3 heteroatoms. The van der Waals surface area contributed by atoms with Crippen molar-refractivity contribution in [3.8, 4) is 6.07 Å². The number of pyridine rings is 1. The minimum atomic E-state index is 0.434. The number of benzene rings is 1. The predicted octanol–water partition coefficient (Wildman–Crippen LogP) is 3.63. The fourth-order valence-corrected chi connectivity index (χ4v) is 2.44. The summed E-state index contributed by atoms with van der Waals surface area (Å²) in [6, 6.07) is 10.6. The molecule has 0 atom stereocenters. The van der Waals surface area contributed by atoms with Gasteiger partial charge in [0.2, 0.25) is 5.52 Å². The van der Waals surface area contributed by atoms with E-state index in [1.807, 2.05) is 18.2 Å². The predicted molar refractivity (Wildman–Crippen MR) is 77.1 cm³/mol. The average Bonchev–Trinajstić information content (AvgIpc) is 2.32. The van der Waals surface area contributed by atoms with Crippen LogP contribution in [0.2, 0.25) is 0 Å². The van der Waals surface area contributed by atoms with E-state index in [0.29, 0.717) is 5.92 Å². The first-order valence-electron chi connectivity index (χ1n) is 5.60. The number of rotatable bonds is 1. The lowest BCUT2D eigenvalue weighted by Gasteiger charge is -2.07. The van der Waals surface area contributed by atoms with E-state index in [2.05, 4.69) is 58.6 Å². The molecule has 1 aromatic carbocycles. The first-order chi connectivity index (χ1) is 8.04. The Labute approximate surface area is 115 Å². The van der Waals surface area contributed by atoms with Gasteiger partial charge in [-0.05, 0) is 23.6 Å². The summed E-state index contributed by atoms with van der Waals surface area (Å²) < 4.78 is 2.11. The van der Waals surface area contributed by atoms with Crippen LogP contribution in [0, 0.1) is 18.3 Å². The number of nitriles is 1. The van der Waals surface area contributed by atoms with Gasteiger partial charge in [-0.3, -0.25) is 0 Å². The molecule has 0 aliphatic carbocycles. The molecule has 0 N–H and O–H groups in total. The van der Waals surface area contributed by atoms with Crippen molar-refractivity contribution in [2.45, 2.75) is 26.7 Å². The molecule has 0 radical (unpaired) electrons. The highest BCUT2D eigenvalue weighted by Gasteiger charge is 2.15. The Morgan fingerprint density at radius 1 is 1.29 bits per heavy atom. The zero-order valence-electron chi connectivity index (χ0n) is 10.2. The third-order valence-corrected chi connectivity index (χ3v) is 4.26. The summed E-state index contributed by atoms with van der Waals surface area (Å²) in [6.07, 6.45) is 0. The Balaban J connectivity index is 2.89. The van der Waals surface area contributed by atoms with E-state index in [1.165, 1.54) is 11.3 Å². The monoisotopic (exact) mass is 337 g/mol. The van der Waals surface area contributed by atoms with Crippen LogP contribution in [0.5, 0.6) is 0 Å². The molecule has 2 rings (SSSR count). The molecule has 0 aliphatic rings. The van der Waals surface area contributed by atoms with Crippen LogP contribution >= 0.6 is 22.9 Å². The Bertz CT molecular complexity index is 624. The summed E-state index contributed by atoms with van der Waals surface area (Å²) in [5.41, 5.74) is 4.28. The van der Waals surface area contributed by atoms with Gasteiger partial charge in [0.15, 0.2) is 5.69 Å². The van der Waals surface area contributed by atoms with Crippen molar-refractivity contribution < 1.29 is 2.78 Å². The van der Waals surface area contributed by atoms with Crippen LogP contribution in [0.1, 0.15) is 36.6 Å². The van der Waals surface area contributed by atoms with E-state index in [-0.39, 0.29) is 0 Å². The number of nitrogens with zero attached hydrogens (tertiary/aromatic N) is 2. The van der Waals surface area contributed by atoms with E-state index in [4.69, 9.17) is 0 Å². The summed E-state index contributed by atoms with van der Waals surface area (Å²) in [5, 5.41) is 10.3. The topological polar surface area (TPSA) is 27.7 Å². The lowest BCUT2D eigenvalue weighted by atomic mass is 9.98. The van der Waals surface area contributed by atoms with Gasteiger partial charge in [0, 0.05) is 19.1 Å². The van der Waals surface area contributed by atoms with Gasteiger partial charge in [-0.1, -0.05) is 13.8 Å². The van der Waals surface area contributed by atoms with Gasteiger partial charge in [0.25, 0.3) is 0 Å². The Hall–Kier alpha value is -1.15. The Morgan fingerprint density at radius 3 is 2.59 bits per heavy atom. The smallest absolute Gasteiger partial charge is 0.192 e. The van der Waals surface area contributed by atoms with Crippen LogP contribution in [0.25, 0.3) is 10.9 Å². The Kier molecular flexibility index (Phi) is 3.34. The molecule has 2 aromatic rings. The van der Waals surface area contributed by atoms with E-state index in [9.17, 15) is 5.26 Å². The van der Waals surface area contributed by atoms with Crippen LogP contribution in [0.15, 0.2) is 24.3 Å². The molecule has 0 amide bonds. The second kappa shape index (κ2) is 4.61. The molecule has 0 aliphatic heterocycles. The van der Waals surface area contributed by atoms with Crippen molar-refractivity contribution in [1.29, 1.82) is 5.26 Å². The highest BCUT2D eigenvalue weighted by atomic mass is 127. The molecule has 0 unspecified atom stereocenters. The van der Waals surface area contributed by atoms with Crippen molar-refractivity contribution in [3.63, 3.8) is 0 Å². The summed E-state index contributed by atoms with van der Waals surface area (Å²) in [5.74, 6) is 0.434. The van der Waals surface area contributed by atoms with Crippen molar-refractivity contribution >= 4 is 33.8 Å². The quantitative estimate of drug-likeness (QED) is 0.731. The number of halogens is 1. The van der Waals surface area contributed by atoms with Crippen LogP contribution in [0.4, 0.5) is 0 Å². The zero-order chi connectivity index (χ0) is 12.6. The number of hydrogen-bond acceptors (Lipinski definition) is 1. The number of fused-ring (bicyclic) bond motifs is 1. The second-order valence-corrected chi connectivity index (χ2v) is 5.49. The molecule has 0 saturated carbocycles. The fourth-order valence-electron chi connectivity index (χ4n) is 1.88. The van der Waals surface area contributed by atoms with Crippen molar-refractivity contribution in [3.05, 3.63) is 41.1 Å². The van der Waals surface area contributed by atoms with Gasteiger partial charge < -0.3 is 0 Å². The third-order valence-electron chi connectivity index (χ3n) is 2.98. The van der Waals surface area contributed by atoms with Gasteiger partial charge in [-0.15, -0.1) is 2.78 Å². The lowest BCUT2D eigenvalue weighted by molar-refractivity contribution is -0.417. The van der Waals surface area contributed by atoms with Crippen LogP contribution < -0.4 is 2.78 Å². The molecule has 86 valence electrons. The molecule has 1 heterocycles. The largest absolute Gasteiger partial charge is 0.354 e. The van der Waals surface area contributed by atoms with Crippen molar-refractivity contribution in [2.24, 2.45) is 0 Å². The van der Waals surface area contributed by atoms with E-state index < -0.39 is 0 Å². The zero-order valence-corrected chi connectivity index (χ0v) is 12.3. The molecule has 0 spiro atoms. The van der Waals surface area contributed by atoms with E-state index in [1.54, 1.807) is 0 Å². The highest BCUT2D eigenvalue weighted by Crippen LogP contribution is 2.24. The fraction of sp³-hybridized carbons (Fsp3) is 0.286. The standard InChI is InChI=1S/C14H14IN2/c1-9(2)11-6-12(8-16)13-5-4-10(3)17(15)14(13)7-11/h4-7,9H,1-3H3/q+1. The number of aromatic nitrogens is 1.